The van der Waals surface area contributed by atoms with Crippen LogP contribution in [0, 0.1) is 5.41 Å². The van der Waals surface area contributed by atoms with Gasteiger partial charge in [-0.25, -0.2) is 0 Å². The Labute approximate surface area is 94.4 Å². The first kappa shape index (κ1) is 15.0. The lowest BCUT2D eigenvalue weighted by Gasteiger charge is -2.23. The monoisotopic (exact) mass is 245 g/mol. The molecule has 0 unspecified atom stereocenters. The second-order valence-electron chi connectivity index (χ2n) is 4.50. The Hall–Kier alpha value is 0.0400. The average Bonchev–Trinajstić information content (AvgIpc) is 2.00. The number of hydrogen-bond acceptors (Lipinski definition) is 1. The number of alkyl halides is 4. The topological polar surface area (TPSA) is 12.0 Å². The van der Waals surface area contributed by atoms with Crippen LogP contribution in [-0.4, -0.2) is 25.1 Å². The molecule has 0 amide bonds. The Morgan fingerprint density at radius 3 is 2.20 bits per heavy atom. The molecule has 0 saturated heterocycles. The lowest BCUT2D eigenvalue weighted by atomic mass is 9.90. The van der Waals surface area contributed by atoms with Crippen LogP contribution in [0.3, 0.4) is 0 Å². The summed E-state index contributed by atoms with van der Waals surface area (Å²) in [6, 6.07) is 0. The van der Waals surface area contributed by atoms with Crippen LogP contribution in [0.2, 0.25) is 0 Å². The Balaban J connectivity index is 3.46. The van der Waals surface area contributed by atoms with Gasteiger partial charge in [-0.2, -0.15) is 13.2 Å². The van der Waals surface area contributed by atoms with Crippen LogP contribution in [0.15, 0.2) is 0 Å². The first-order valence-electron chi connectivity index (χ1n) is 5.10. The molecule has 0 aromatic heterocycles. The van der Waals surface area contributed by atoms with Crippen molar-refractivity contribution in [2.75, 3.05) is 19.0 Å². The minimum absolute atomic E-state index is 0.0555. The van der Waals surface area contributed by atoms with Crippen LogP contribution in [0.4, 0.5) is 13.2 Å². The Kier molecular flexibility index (Phi) is 6.60. The molecule has 0 aliphatic heterocycles. The molecule has 1 nitrogen and oxygen atoms in total. The van der Waals surface area contributed by atoms with Gasteiger partial charge in [0, 0.05) is 18.8 Å². The van der Waals surface area contributed by atoms with Crippen molar-refractivity contribution in [3.05, 3.63) is 0 Å². The molecule has 92 valence electrons. The Morgan fingerprint density at radius 2 is 1.73 bits per heavy atom. The van der Waals surface area contributed by atoms with Gasteiger partial charge in [0.2, 0.25) is 0 Å². The summed E-state index contributed by atoms with van der Waals surface area (Å²) in [4.78, 5) is 0. The van der Waals surface area contributed by atoms with Gasteiger partial charge in [-0.3, -0.25) is 0 Å². The summed E-state index contributed by atoms with van der Waals surface area (Å²) >= 11 is 5.61. The molecule has 0 fully saturated rings. The summed E-state index contributed by atoms with van der Waals surface area (Å²) in [7, 11) is 0. The van der Waals surface area contributed by atoms with Gasteiger partial charge in [-0.1, -0.05) is 13.8 Å². The quantitative estimate of drug-likeness (QED) is 0.534. The van der Waals surface area contributed by atoms with Crippen molar-refractivity contribution in [2.24, 2.45) is 5.41 Å². The van der Waals surface area contributed by atoms with Crippen molar-refractivity contribution in [1.29, 1.82) is 0 Å². The molecule has 0 rings (SSSR count). The van der Waals surface area contributed by atoms with Crippen molar-refractivity contribution < 1.29 is 13.2 Å². The minimum atomic E-state index is -4.03. The van der Waals surface area contributed by atoms with Crippen LogP contribution in [0.1, 0.15) is 33.1 Å². The second kappa shape index (κ2) is 6.59. The first-order chi connectivity index (χ1) is 6.77. The summed E-state index contributed by atoms with van der Waals surface area (Å²) in [6.45, 7) is 5.21. The molecule has 0 heterocycles. The van der Waals surface area contributed by atoms with Gasteiger partial charge in [-0.05, 0) is 24.8 Å². The van der Waals surface area contributed by atoms with Crippen LogP contribution in [0.5, 0.6) is 0 Å². The largest absolute Gasteiger partial charge is 0.389 e. The predicted molar refractivity (Wildman–Crippen MR) is 57.3 cm³/mol. The Bertz CT molecular complexity index is 169. The summed E-state index contributed by atoms with van der Waals surface area (Å²) in [5.74, 6) is 0.581. The maximum atomic E-state index is 11.8. The van der Waals surface area contributed by atoms with Crippen molar-refractivity contribution in [3.8, 4) is 0 Å². The molecule has 0 bridgehead atoms. The maximum Gasteiger partial charge on any atom is 0.389 e. The van der Waals surface area contributed by atoms with E-state index < -0.39 is 12.6 Å². The number of hydrogen-bond donors (Lipinski definition) is 1. The highest BCUT2D eigenvalue weighted by Gasteiger charge is 2.26. The maximum absolute atomic E-state index is 11.8. The molecular weight excluding hydrogens is 227 g/mol. The van der Waals surface area contributed by atoms with E-state index >= 15 is 0 Å². The predicted octanol–water partition coefficient (Wildman–Crippen LogP) is 3.57. The van der Waals surface area contributed by atoms with E-state index in [2.05, 4.69) is 5.32 Å². The smallest absolute Gasteiger partial charge is 0.316 e. The van der Waals surface area contributed by atoms with Crippen LogP contribution < -0.4 is 5.32 Å². The third-order valence-electron chi connectivity index (χ3n) is 2.19. The molecular formula is C10H19ClF3N. The van der Waals surface area contributed by atoms with Crippen LogP contribution >= 0.6 is 11.6 Å². The van der Waals surface area contributed by atoms with Gasteiger partial charge in [0.05, 0.1) is 0 Å². The summed E-state index contributed by atoms with van der Waals surface area (Å²) in [5, 5.41) is 3.02. The van der Waals surface area contributed by atoms with E-state index in [1.807, 2.05) is 13.8 Å². The molecule has 0 aliphatic rings. The highest BCUT2D eigenvalue weighted by atomic mass is 35.5. The summed E-state index contributed by atoms with van der Waals surface area (Å²) in [5.41, 5.74) is 0.0555. The second-order valence-corrected chi connectivity index (χ2v) is 4.88. The van der Waals surface area contributed by atoms with E-state index in [1.54, 1.807) is 0 Å². The zero-order valence-corrected chi connectivity index (χ0v) is 10.0. The van der Waals surface area contributed by atoms with Crippen molar-refractivity contribution in [3.63, 3.8) is 0 Å². The van der Waals surface area contributed by atoms with E-state index in [1.165, 1.54) is 0 Å². The van der Waals surface area contributed by atoms with Gasteiger partial charge in [0.25, 0.3) is 0 Å². The highest BCUT2D eigenvalue weighted by Crippen LogP contribution is 2.21. The van der Waals surface area contributed by atoms with Crippen LogP contribution in [0.25, 0.3) is 0 Å². The fraction of sp³-hybridized carbons (Fsp3) is 1.00. The van der Waals surface area contributed by atoms with E-state index in [9.17, 15) is 13.2 Å². The number of rotatable bonds is 7. The van der Waals surface area contributed by atoms with Gasteiger partial charge in [0.15, 0.2) is 0 Å². The molecule has 1 N–H and O–H groups in total. The van der Waals surface area contributed by atoms with Gasteiger partial charge < -0.3 is 5.32 Å². The van der Waals surface area contributed by atoms with E-state index in [-0.39, 0.29) is 11.8 Å². The SMILES string of the molecule is CC(C)(CCCl)CNCCCC(F)(F)F. The van der Waals surface area contributed by atoms with Gasteiger partial charge in [-0.15, -0.1) is 11.6 Å². The number of halogens is 4. The average molecular weight is 246 g/mol. The van der Waals surface area contributed by atoms with E-state index in [0.717, 1.165) is 6.42 Å². The zero-order chi connectivity index (χ0) is 11.9. The molecule has 0 aromatic carbocycles. The van der Waals surface area contributed by atoms with Crippen molar-refractivity contribution in [2.45, 2.75) is 39.3 Å². The molecule has 15 heavy (non-hydrogen) atoms. The number of nitrogens with one attached hydrogen (secondary N) is 1. The molecule has 0 saturated carbocycles. The fourth-order valence-electron chi connectivity index (χ4n) is 1.18. The first-order valence-corrected chi connectivity index (χ1v) is 5.64. The minimum Gasteiger partial charge on any atom is -0.316 e. The standard InChI is InChI=1S/C10H19ClF3N/c1-9(2,5-6-11)8-15-7-3-4-10(12,13)14/h15H,3-8H2,1-2H3. The molecule has 0 spiro atoms. The van der Waals surface area contributed by atoms with Crippen molar-refractivity contribution >= 4 is 11.6 Å². The third-order valence-corrected chi connectivity index (χ3v) is 2.38. The van der Waals surface area contributed by atoms with Gasteiger partial charge >= 0.3 is 6.18 Å². The molecule has 5 heteroatoms. The molecule has 0 aliphatic carbocycles. The summed E-state index contributed by atoms with van der Waals surface area (Å²) in [6.07, 6.45) is -3.75. The van der Waals surface area contributed by atoms with Crippen LogP contribution in [-0.2, 0) is 0 Å². The van der Waals surface area contributed by atoms with E-state index in [4.69, 9.17) is 11.6 Å². The summed E-state index contributed by atoms with van der Waals surface area (Å²) < 4.78 is 35.4. The highest BCUT2D eigenvalue weighted by molar-refractivity contribution is 6.17. The fourth-order valence-corrected chi connectivity index (χ4v) is 1.70. The third kappa shape index (κ3) is 10.3. The molecule has 0 aromatic rings. The van der Waals surface area contributed by atoms with Crippen molar-refractivity contribution in [1.82, 2.24) is 5.32 Å². The lowest BCUT2D eigenvalue weighted by Crippen LogP contribution is -2.30. The van der Waals surface area contributed by atoms with Gasteiger partial charge in [0.1, 0.15) is 0 Å². The zero-order valence-electron chi connectivity index (χ0n) is 9.25. The molecule has 0 atom stereocenters. The Morgan fingerprint density at radius 1 is 1.13 bits per heavy atom. The molecule has 0 radical (unpaired) electrons. The lowest BCUT2D eigenvalue weighted by molar-refractivity contribution is -0.135. The normalized spacial score (nSPS) is 13.2. The van der Waals surface area contributed by atoms with E-state index in [0.29, 0.717) is 19.0 Å².